The normalized spacial score (nSPS) is 30.4. The number of aliphatic hydroxyl groups excluding tert-OH is 1. The number of ketones is 1. The third kappa shape index (κ3) is 1.44. The van der Waals surface area contributed by atoms with Crippen LogP contribution in [0, 0.1) is 0 Å². The number of Topliss-reactive ketones (excluding diaryl/α,β-unsaturated/α-hetero) is 1. The van der Waals surface area contributed by atoms with Crippen molar-refractivity contribution < 1.29 is 9.90 Å². The van der Waals surface area contributed by atoms with Gasteiger partial charge in [-0.25, -0.2) is 0 Å². The summed E-state index contributed by atoms with van der Waals surface area (Å²) < 4.78 is 0. The Bertz CT molecular complexity index is 240. The smallest absolute Gasteiger partial charge is 0.137 e. The molecule has 0 spiro atoms. The van der Waals surface area contributed by atoms with Gasteiger partial charge in [-0.1, -0.05) is 11.1 Å². The zero-order chi connectivity index (χ0) is 8.55. The van der Waals surface area contributed by atoms with Crippen LogP contribution < -0.4 is 0 Å². The fourth-order valence-corrected chi connectivity index (χ4v) is 2.16. The van der Waals surface area contributed by atoms with Crippen LogP contribution in [-0.2, 0) is 4.79 Å². The third-order valence-corrected chi connectivity index (χ3v) is 2.88. The van der Waals surface area contributed by atoms with E-state index in [0.29, 0.717) is 18.6 Å². The van der Waals surface area contributed by atoms with Crippen molar-refractivity contribution in [2.75, 3.05) is 0 Å². The first kappa shape index (κ1) is 7.99. The molecule has 2 nitrogen and oxygen atoms in total. The average molecular weight is 166 g/mol. The Morgan fingerprint density at radius 2 is 2.00 bits per heavy atom. The molecule has 12 heavy (non-hydrogen) atoms. The molecule has 2 aliphatic rings. The number of hydrogen-bond acceptors (Lipinski definition) is 2. The summed E-state index contributed by atoms with van der Waals surface area (Å²) in [4.78, 5) is 11.1. The highest BCUT2D eigenvalue weighted by Gasteiger charge is 2.24. The van der Waals surface area contributed by atoms with Crippen LogP contribution in [0.25, 0.3) is 0 Å². The van der Waals surface area contributed by atoms with Crippen molar-refractivity contribution in [3.8, 4) is 0 Å². The molecule has 0 aromatic carbocycles. The number of rotatable bonds is 0. The third-order valence-electron chi connectivity index (χ3n) is 2.88. The first-order valence-electron chi connectivity index (χ1n) is 4.65. The van der Waals surface area contributed by atoms with Crippen molar-refractivity contribution in [2.24, 2.45) is 0 Å². The molecule has 0 aliphatic heterocycles. The maximum atomic E-state index is 11.1. The number of carbonyl (C=O) groups excluding carboxylic acids is 1. The van der Waals surface area contributed by atoms with Crippen LogP contribution in [0.4, 0.5) is 0 Å². The van der Waals surface area contributed by atoms with Crippen LogP contribution in [0.1, 0.15) is 38.5 Å². The van der Waals surface area contributed by atoms with Gasteiger partial charge in [0.1, 0.15) is 5.78 Å². The number of hydrogen-bond donors (Lipinski definition) is 1. The van der Waals surface area contributed by atoms with Gasteiger partial charge >= 0.3 is 0 Å². The van der Waals surface area contributed by atoms with E-state index in [0.717, 1.165) is 25.7 Å². The number of aliphatic hydroxyl groups is 1. The molecule has 0 aromatic heterocycles. The number of allylic oxidation sites excluding steroid dienone is 1. The van der Waals surface area contributed by atoms with Gasteiger partial charge < -0.3 is 5.11 Å². The molecule has 0 radical (unpaired) electrons. The molecule has 1 unspecified atom stereocenters. The highest BCUT2D eigenvalue weighted by Crippen LogP contribution is 2.33. The molecule has 1 atom stereocenters. The van der Waals surface area contributed by atoms with Gasteiger partial charge in [-0.3, -0.25) is 4.79 Å². The molecular formula is C10H14O2. The van der Waals surface area contributed by atoms with Crippen molar-refractivity contribution in [3.63, 3.8) is 0 Å². The number of carbonyl (C=O) groups is 1. The highest BCUT2D eigenvalue weighted by molar-refractivity contribution is 5.82. The summed E-state index contributed by atoms with van der Waals surface area (Å²) in [7, 11) is 0. The Hall–Kier alpha value is -0.630. The topological polar surface area (TPSA) is 37.3 Å². The van der Waals surface area contributed by atoms with Gasteiger partial charge in [-0.15, -0.1) is 0 Å². The zero-order valence-corrected chi connectivity index (χ0v) is 7.18. The fraction of sp³-hybridized carbons (Fsp3) is 0.700. The summed E-state index contributed by atoms with van der Waals surface area (Å²) >= 11 is 0. The van der Waals surface area contributed by atoms with Gasteiger partial charge in [0.25, 0.3) is 0 Å². The first-order valence-corrected chi connectivity index (χ1v) is 4.65. The monoisotopic (exact) mass is 166 g/mol. The quantitative estimate of drug-likeness (QED) is 0.555. The summed E-state index contributed by atoms with van der Waals surface area (Å²) in [6, 6.07) is 0. The van der Waals surface area contributed by atoms with Crippen LogP contribution in [-0.4, -0.2) is 17.0 Å². The molecule has 0 bridgehead atoms. The Balaban J connectivity index is 2.16. The minimum atomic E-state index is -0.142. The van der Waals surface area contributed by atoms with Gasteiger partial charge in [0.15, 0.2) is 0 Å². The second-order valence-corrected chi connectivity index (χ2v) is 3.82. The minimum absolute atomic E-state index is 0.142. The van der Waals surface area contributed by atoms with Crippen molar-refractivity contribution >= 4 is 5.78 Å². The molecule has 0 fully saturated rings. The SMILES string of the molecule is O=C1CCC2=C(CCC(O)C2)C1. The predicted molar refractivity (Wildman–Crippen MR) is 45.7 cm³/mol. The Morgan fingerprint density at radius 1 is 1.17 bits per heavy atom. The molecule has 0 amide bonds. The van der Waals surface area contributed by atoms with Crippen molar-refractivity contribution in [1.82, 2.24) is 0 Å². The molecule has 2 heteroatoms. The average Bonchev–Trinajstić information content (AvgIpc) is 2.05. The minimum Gasteiger partial charge on any atom is -0.393 e. The van der Waals surface area contributed by atoms with Crippen molar-refractivity contribution in [3.05, 3.63) is 11.1 Å². The summed E-state index contributed by atoms with van der Waals surface area (Å²) in [5.74, 6) is 0.380. The first-order chi connectivity index (χ1) is 5.75. The molecule has 0 saturated heterocycles. The zero-order valence-electron chi connectivity index (χ0n) is 7.18. The van der Waals surface area contributed by atoms with E-state index in [1.165, 1.54) is 11.1 Å². The van der Waals surface area contributed by atoms with Crippen molar-refractivity contribution in [1.29, 1.82) is 0 Å². The summed E-state index contributed by atoms with van der Waals surface area (Å²) in [6.45, 7) is 0. The molecule has 1 N–H and O–H groups in total. The Kier molecular flexibility index (Phi) is 2.01. The van der Waals surface area contributed by atoms with Gasteiger partial charge in [-0.2, -0.15) is 0 Å². The predicted octanol–water partition coefficient (Wildman–Crippen LogP) is 1.58. The van der Waals surface area contributed by atoms with Crippen LogP contribution in [0.2, 0.25) is 0 Å². The second-order valence-electron chi connectivity index (χ2n) is 3.82. The van der Waals surface area contributed by atoms with E-state index in [9.17, 15) is 9.90 Å². The molecule has 0 aromatic rings. The van der Waals surface area contributed by atoms with Gasteiger partial charge in [0.05, 0.1) is 6.10 Å². The van der Waals surface area contributed by atoms with Crippen LogP contribution in [0.5, 0.6) is 0 Å². The van der Waals surface area contributed by atoms with Crippen LogP contribution in [0.3, 0.4) is 0 Å². The molecule has 0 heterocycles. The maximum Gasteiger partial charge on any atom is 0.137 e. The largest absolute Gasteiger partial charge is 0.393 e. The second kappa shape index (κ2) is 3.02. The molecular weight excluding hydrogens is 152 g/mol. The van der Waals surface area contributed by atoms with E-state index in [1.54, 1.807) is 0 Å². The Morgan fingerprint density at radius 3 is 2.83 bits per heavy atom. The molecule has 2 rings (SSSR count). The van der Waals surface area contributed by atoms with Gasteiger partial charge in [0.2, 0.25) is 0 Å². The summed E-state index contributed by atoms with van der Waals surface area (Å²) in [6.07, 6.45) is 4.76. The van der Waals surface area contributed by atoms with E-state index < -0.39 is 0 Å². The van der Waals surface area contributed by atoms with E-state index in [-0.39, 0.29) is 6.10 Å². The van der Waals surface area contributed by atoms with Crippen LogP contribution in [0.15, 0.2) is 11.1 Å². The lowest BCUT2D eigenvalue weighted by atomic mass is 9.81. The summed E-state index contributed by atoms with van der Waals surface area (Å²) in [5, 5.41) is 9.39. The van der Waals surface area contributed by atoms with E-state index >= 15 is 0 Å². The Labute approximate surface area is 72.3 Å². The lowest BCUT2D eigenvalue weighted by Crippen LogP contribution is -2.20. The van der Waals surface area contributed by atoms with E-state index in [4.69, 9.17) is 0 Å². The fourth-order valence-electron chi connectivity index (χ4n) is 2.16. The lowest BCUT2D eigenvalue weighted by molar-refractivity contribution is -0.118. The van der Waals surface area contributed by atoms with Crippen LogP contribution >= 0.6 is 0 Å². The van der Waals surface area contributed by atoms with E-state index in [2.05, 4.69) is 0 Å². The maximum absolute atomic E-state index is 11.1. The van der Waals surface area contributed by atoms with Crippen molar-refractivity contribution in [2.45, 2.75) is 44.6 Å². The summed E-state index contributed by atoms with van der Waals surface area (Å²) in [5.41, 5.74) is 2.70. The molecule has 66 valence electrons. The highest BCUT2D eigenvalue weighted by atomic mass is 16.3. The molecule has 2 aliphatic carbocycles. The van der Waals surface area contributed by atoms with E-state index in [1.807, 2.05) is 0 Å². The van der Waals surface area contributed by atoms with Gasteiger partial charge in [-0.05, 0) is 25.7 Å². The molecule has 0 saturated carbocycles. The standard InChI is InChI=1S/C10H14O2/c11-9-3-1-7-5-10(12)4-2-8(7)6-9/h9,11H,1-6H2. The lowest BCUT2D eigenvalue weighted by Gasteiger charge is -2.27. The van der Waals surface area contributed by atoms with Gasteiger partial charge in [0, 0.05) is 12.8 Å².